The van der Waals surface area contributed by atoms with Gasteiger partial charge in [0.1, 0.15) is 15.0 Å². The van der Waals surface area contributed by atoms with Crippen molar-refractivity contribution in [2.24, 2.45) is 0 Å². The minimum atomic E-state index is -0.496. The first-order valence-corrected chi connectivity index (χ1v) is 8.18. The monoisotopic (exact) mass is 353 g/mol. The minimum Gasteiger partial charge on any atom is -0.266 e. The number of aryl methyl sites for hydroxylation is 2. The molecule has 0 aliphatic rings. The van der Waals surface area contributed by atoms with Crippen molar-refractivity contribution in [2.45, 2.75) is 13.8 Å². The number of nitrogens with zero attached hydrogens (tertiary/aromatic N) is 5. The van der Waals surface area contributed by atoms with Crippen molar-refractivity contribution in [1.82, 2.24) is 20.0 Å². The third-order valence-electron chi connectivity index (χ3n) is 3.89. The lowest BCUT2D eigenvalue weighted by molar-refractivity contribution is -0.384. The SMILES string of the molecule is Cc1cc(C)c2c(n1)sc1c(=O)n(-c3ccc([N+](=O)[O-])cc3)nnc12. The van der Waals surface area contributed by atoms with E-state index in [4.69, 9.17) is 0 Å². The van der Waals surface area contributed by atoms with E-state index in [2.05, 4.69) is 15.3 Å². The highest BCUT2D eigenvalue weighted by molar-refractivity contribution is 7.25. The van der Waals surface area contributed by atoms with E-state index < -0.39 is 4.92 Å². The van der Waals surface area contributed by atoms with Crippen molar-refractivity contribution in [3.05, 3.63) is 62.1 Å². The highest BCUT2D eigenvalue weighted by Gasteiger charge is 2.17. The summed E-state index contributed by atoms with van der Waals surface area (Å²) in [5.41, 5.74) is 2.45. The van der Waals surface area contributed by atoms with Crippen LogP contribution in [0.3, 0.4) is 0 Å². The summed E-state index contributed by atoms with van der Waals surface area (Å²) in [4.78, 5) is 28.3. The summed E-state index contributed by atoms with van der Waals surface area (Å²) in [5.74, 6) is 0. The lowest BCUT2D eigenvalue weighted by atomic mass is 10.1. The fourth-order valence-corrected chi connectivity index (χ4v) is 3.93. The molecule has 0 spiro atoms. The zero-order valence-electron chi connectivity index (χ0n) is 13.3. The number of nitro benzene ring substituents is 1. The lowest BCUT2D eigenvalue weighted by Crippen LogP contribution is -2.21. The van der Waals surface area contributed by atoms with Crippen molar-refractivity contribution in [2.75, 3.05) is 0 Å². The molecule has 0 aliphatic carbocycles. The van der Waals surface area contributed by atoms with E-state index in [1.807, 2.05) is 19.9 Å². The molecule has 0 bridgehead atoms. The van der Waals surface area contributed by atoms with Gasteiger partial charge in [0.15, 0.2) is 0 Å². The average molecular weight is 353 g/mol. The number of thiophene rings is 1. The van der Waals surface area contributed by atoms with Crippen LogP contribution in [0.5, 0.6) is 0 Å². The second kappa shape index (κ2) is 5.42. The van der Waals surface area contributed by atoms with Gasteiger partial charge in [0.2, 0.25) is 0 Å². The molecule has 0 fully saturated rings. The van der Waals surface area contributed by atoms with Gasteiger partial charge in [-0.15, -0.1) is 16.4 Å². The largest absolute Gasteiger partial charge is 0.292 e. The topological polar surface area (TPSA) is 104 Å². The van der Waals surface area contributed by atoms with Crippen LogP contribution >= 0.6 is 11.3 Å². The van der Waals surface area contributed by atoms with E-state index in [9.17, 15) is 14.9 Å². The first kappa shape index (κ1) is 15.3. The number of benzene rings is 1. The van der Waals surface area contributed by atoms with Gasteiger partial charge in [-0.3, -0.25) is 14.9 Å². The fraction of sp³-hybridized carbons (Fsp3) is 0.125. The molecule has 124 valence electrons. The summed E-state index contributed by atoms with van der Waals surface area (Å²) >= 11 is 1.28. The van der Waals surface area contributed by atoms with Gasteiger partial charge in [-0.2, -0.15) is 4.68 Å². The molecule has 0 radical (unpaired) electrons. The Bertz CT molecular complexity index is 1210. The Morgan fingerprint density at radius 3 is 2.60 bits per heavy atom. The first-order valence-electron chi connectivity index (χ1n) is 7.37. The Kier molecular flexibility index (Phi) is 3.32. The molecule has 1 aromatic carbocycles. The second-order valence-electron chi connectivity index (χ2n) is 5.62. The van der Waals surface area contributed by atoms with Crippen molar-refractivity contribution in [1.29, 1.82) is 0 Å². The normalized spacial score (nSPS) is 11.3. The molecule has 0 saturated carbocycles. The van der Waals surface area contributed by atoms with E-state index in [0.717, 1.165) is 26.2 Å². The fourth-order valence-electron chi connectivity index (χ4n) is 2.77. The Morgan fingerprint density at radius 2 is 1.92 bits per heavy atom. The van der Waals surface area contributed by atoms with Crippen LogP contribution < -0.4 is 5.56 Å². The molecule has 3 aromatic heterocycles. The second-order valence-corrected chi connectivity index (χ2v) is 6.62. The molecular weight excluding hydrogens is 342 g/mol. The van der Waals surface area contributed by atoms with E-state index in [0.29, 0.717) is 15.9 Å². The molecule has 0 unspecified atom stereocenters. The third-order valence-corrected chi connectivity index (χ3v) is 4.95. The summed E-state index contributed by atoms with van der Waals surface area (Å²) in [5, 5.41) is 19.8. The van der Waals surface area contributed by atoms with Crippen molar-refractivity contribution in [3.8, 4) is 5.69 Å². The standard InChI is InChI=1S/C16H11N5O3S/c1-8-7-9(2)17-15-12(8)13-14(25-15)16(22)20(19-18-13)10-3-5-11(6-4-10)21(23)24/h3-7H,1-2H3. The van der Waals surface area contributed by atoms with Crippen molar-refractivity contribution in [3.63, 3.8) is 0 Å². The summed E-state index contributed by atoms with van der Waals surface area (Å²) in [6.07, 6.45) is 0. The molecular formula is C16H11N5O3S. The molecule has 0 N–H and O–H groups in total. The maximum absolute atomic E-state index is 12.8. The zero-order chi connectivity index (χ0) is 17.7. The molecule has 0 atom stereocenters. The van der Waals surface area contributed by atoms with Crippen molar-refractivity contribution < 1.29 is 4.92 Å². The van der Waals surface area contributed by atoms with Crippen LogP contribution in [0.15, 0.2) is 35.1 Å². The Labute approximate surface area is 144 Å². The predicted octanol–water partition coefficient (Wildman–Crippen LogP) is 2.92. The molecule has 3 heterocycles. The summed E-state index contributed by atoms with van der Waals surface area (Å²) in [7, 11) is 0. The Morgan fingerprint density at radius 1 is 1.20 bits per heavy atom. The molecule has 4 rings (SSSR count). The molecule has 25 heavy (non-hydrogen) atoms. The Balaban J connectivity index is 1.96. The van der Waals surface area contributed by atoms with Gasteiger partial charge in [-0.05, 0) is 37.6 Å². The van der Waals surface area contributed by atoms with E-state index in [-0.39, 0.29) is 11.2 Å². The third kappa shape index (κ3) is 2.36. The highest BCUT2D eigenvalue weighted by Crippen LogP contribution is 2.31. The lowest BCUT2D eigenvalue weighted by Gasteiger charge is -2.03. The number of hydrogen-bond donors (Lipinski definition) is 0. The summed E-state index contributed by atoms with van der Waals surface area (Å²) < 4.78 is 1.61. The van der Waals surface area contributed by atoms with Gasteiger partial charge >= 0.3 is 0 Å². The van der Waals surface area contributed by atoms with Gasteiger partial charge < -0.3 is 0 Å². The smallest absolute Gasteiger partial charge is 0.266 e. The summed E-state index contributed by atoms with van der Waals surface area (Å²) in [6, 6.07) is 7.54. The first-order chi connectivity index (χ1) is 12.0. The highest BCUT2D eigenvalue weighted by atomic mass is 32.1. The maximum Gasteiger partial charge on any atom is 0.292 e. The number of aromatic nitrogens is 4. The van der Waals surface area contributed by atoms with Crippen LogP contribution in [0, 0.1) is 24.0 Å². The average Bonchev–Trinajstić information content (AvgIpc) is 2.95. The van der Waals surface area contributed by atoms with Crippen LogP contribution in [0.1, 0.15) is 11.3 Å². The quantitative estimate of drug-likeness (QED) is 0.405. The van der Waals surface area contributed by atoms with E-state index in [1.165, 1.54) is 35.6 Å². The number of nitro groups is 1. The van der Waals surface area contributed by atoms with E-state index in [1.54, 1.807) is 0 Å². The molecule has 9 heteroatoms. The van der Waals surface area contributed by atoms with Crippen LogP contribution in [-0.2, 0) is 0 Å². The number of hydrogen-bond acceptors (Lipinski definition) is 7. The minimum absolute atomic E-state index is 0.0528. The predicted molar refractivity (Wildman–Crippen MR) is 94.4 cm³/mol. The van der Waals surface area contributed by atoms with Gasteiger partial charge in [-0.25, -0.2) is 4.98 Å². The van der Waals surface area contributed by atoms with Gasteiger partial charge in [0, 0.05) is 23.2 Å². The van der Waals surface area contributed by atoms with Crippen LogP contribution in [0.4, 0.5) is 5.69 Å². The number of non-ortho nitro benzene ring substituents is 1. The molecule has 4 aromatic rings. The number of fused-ring (bicyclic) bond motifs is 3. The zero-order valence-corrected chi connectivity index (χ0v) is 14.1. The molecule has 8 nitrogen and oxygen atoms in total. The number of rotatable bonds is 2. The Hall–Kier alpha value is -3.20. The molecule has 0 aliphatic heterocycles. The van der Waals surface area contributed by atoms with Crippen LogP contribution in [-0.4, -0.2) is 24.9 Å². The van der Waals surface area contributed by atoms with E-state index >= 15 is 0 Å². The van der Waals surface area contributed by atoms with Gasteiger partial charge in [-0.1, -0.05) is 5.21 Å². The molecule has 0 amide bonds. The van der Waals surface area contributed by atoms with Gasteiger partial charge in [0.05, 0.1) is 10.6 Å². The van der Waals surface area contributed by atoms with Gasteiger partial charge in [0.25, 0.3) is 11.2 Å². The molecule has 0 saturated heterocycles. The van der Waals surface area contributed by atoms with Crippen LogP contribution in [0.25, 0.3) is 26.1 Å². The van der Waals surface area contributed by atoms with Crippen molar-refractivity contribution >= 4 is 37.5 Å². The number of pyridine rings is 1. The van der Waals surface area contributed by atoms with Crippen LogP contribution in [0.2, 0.25) is 0 Å². The summed E-state index contributed by atoms with van der Waals surface area (Å²) in [6.45, 7) is 3.85. The maximum atomic E-state index is 12.8.